The van der Waals surface area contributed by atoms with E-state index in [0.717, 1.165) is 12.5 Å². The van der Waals surface area contributed by atoms with E-state index in [0.29, 0.717) is 12.1 Å². The Balaban J connectivity index is 1.73. The first-order valence-electron chi connectivity index (χ1n) is 8.53. The van der Waals surface area contributed by atoms with Crippen molar-refractivity contribution in [2.24, 2.45) is 5.92 Å². The number of benzene rings is 1. The highest BCUT2D eigenvalue weighted by molar-refractivity contribution is 14.1. The van der Waals surface area contributed by atoms with Crippen molar-refractivity contribution in [3.8, 4) is 0 Å². The van der Waals surface area contributed by atoms with Crippen molar-refractivity contribution in [2.75, 3.05) is 18.0 Å². The summed E-state index contributed by atoms with van der Waals surface area (Å²) in [5.41, 5.74) is 1.41. The first kappa shape index (κ1) is 15.6. The van der Waals surface area contributed by atoms with Crippen LogP contribution >= 0.6 is 22.6 Å². The summed E-state index contributed by atoms with van der Waals surface area (Å²) < 4.78 is 1.32. The zero-order chi connectivity index (χ0) is 14.7. The third-order valence-electron chi connectivity index (χ3n) is 5.30. The van der Waals surface area contributed by atoms with E-state index in [1.165, 1.54) is 54.3 Å². The summed E-state index contributed by atoms with van der Waals surface area (Å²) in [6, 6.07) is 10.4. The molecule has 1 N–H and O–H groups in total. The number of anilines is 1. The van der Waals surface area contributed by atoms with Gasteiger partial charge < -0.3 is 10.2 Å². The summed E-state index contributed by atoms with van der Waals surface area (Å²) in [4.78, 5) is 2.66. The predicted molar refractivity (Wildman–Crippen MR) is 98.9 cm³/mol. The highest BCUT2D eigenvalue weighted by atomic mass is 127. The van der Waals surface area contributed by atoms with Crippen LogP contribution in [-0.4, -0.2) is 25.2 Å². The molecular weight excluding hydrogens is 371 g/mol. The maximum absolute atomic E-state index is 3.86. The van der Waals surface area contributed by atoms with Gasteiger partial charge in [-0.05, 0) is 72.0 Å². The fourth-order valence-corrected chi connectivity index (χ4v) is 4.35. The van der Waals surface area contributed by atoms with Crippen molar-refractivity contribution in [1.29, 1.82) is 0 Å². The average Bonchev–Trinajstić information content (AvgIpc) is 2.56. The van der Waals surface area contributed by atoms with Gasteiger partial charge in [0.2, 0.25) is 0 Å². The lowest BCUT2D eigenvalue weighted by atomic mass is 9.82. The van der Waals surface area contributed by atoms with Crippen LogP contribution in [0.3, 0.4) is 0 Å². The number of halogens is 1. The van der Waals surface area contributed by atoms with E-state index in [2.05, 4.69) is 64.0 Å². The molecule has 1 saturated carbocycles. The van der Waals surface area contributed by atoms with Gasteiger partial charge in [-0.25, -0.2) is 0 Å². The molecule has 1 saturated heterocycles. The van der Waals surface area contributed by atoms with E-state index in [4.69, 9.17) is 0 Å². The molecule has 3 rings (SSSR count). The standard InChI is InChI=1S/C18H27IN2/c1-2-16-12-20-18(14-6-4-3-5-7-14)13-21(16)17-10-8-15(19)9-11-17/h8-11,14,16,18,20H,2-7,12-13H2,1H3. The molecule has 2 aliphatic rings. The van der Waals surface area contributed by atoms with E-state index in [1.54, 1.807) is 0 Å². The van der Waals surface area contributed by atoms with E-state index in [1.807, 2.05) is 0 Å². The van der Waals surface area contributed by atoms with Crippen LogP contribution in [0.25, 0.3) is 0 Å². The Hall–Kier alpha value is -0.290. The van der Waals surface area contributed by atoms with Gasteiger partial charge in [-0.2, -0.15) is 0 Å². The summed E-state index contributed by atoms with van der Waals surface area (Å²) >= 11 is 2.39. The van der Waals surface area contributed by atoms with Crippen LogP contribution in [0.1, 0.15) is 45.4 Å². The van der Waals surface area contributed by atoms with Gasteiger partial charge in [0.25, 0.3) is 0 Å². The van der Waals surface area contributed by atoms with Crippen molar-refractivity contribution in [1.82, 2.24) is 5.32 Å². The second-order valence-corrected chi connectivity index (χ2v) is 7.85. The number of hydrogen-bond donors (Lipinski definition) is 1. The van der Waals surface area contributed by atoms with Gasteiger partial charge in [0.05, 0.1) is 0 Å². The summed E-state index contributed by atoms with van der Waals surface area (Å²) in [5.74, 6) is 0.892. The van der Waals surface area contributed by atoms with Gasteiger partial charge in [0.15, 0.2) is 0 Å². The molecule has 2 nitrogen and oxygen atoms in total. The molecule has 0 bridgehead atoms. The molecule has 1 heterocycles. The second-order valence-electron chi connectivity index (χ2n) is 6.60. The normalized spacial score (nSPS) is 27.8. The van der Waals surface area contributed by atoms with Gasteiger partial charge in [0, 0.05) is 34.4 Å². The number of nitrogens with one attached hydrogen (secondary N) is 1. The van der Waals surface area contributed by atoms with Gasteiger partial charge >= 0.3 is 0 Å². The molecule has 1 aliphatic heterocycles. The second kappa shape index (κ2) is 7.32. The third-order valence-corrected chi connectivity index (χ3v) is 6.02. The molecule has 1 aromatic carbocycles. The Morgan fingerprint density at radius 1 is 1.14 bits per heavy atom. The van der Waals surface area contributed by atoms with E-state index < -0.39 is 0 Å². The summed E-state index contributed by atoms with van der Waals surface area (Å²) in [6.07, 6.45) is 8.38. The minimum Gasteiger partial charge on any atom is -0.366 e. The van der Waals surface area contributed by atoms with Crippen LogP contribution < -0.4 is 10.2 Å². The average molecular weight is 398 g/mol. The zero-order valence-electron chi connectivity index (χ0n) is 13.0. The van der Waals surface area contributed by atoms with E-state index in [9.17, 15) is 0 Å². The van der Waals surface area contributed by atoms with Gasteiger partial charge in [-0.15, -0.1) is 0 Å². The van der Waals surface area contributed by atoms with Crippen molar-refractivity contribution < 1.29 is 0 Å². The number of piperazine rings is 1. The Bertz CT molecular complexity index is 439. The van der Waals surface area contributed by atoms with Crippen LogP contribution in [0.15, 0.2) is 24.3 Å². The maximum atomic E-state index is 3.86. The van der Waals surface area contributed by atoms with E-state index in [-0.39, 0.29) is 0 Å². The molecule has 2 unspecified atom stereocenters. The van der Waals surface area contributed by atoms with Gasteiger partial charge in [-0.1, -0.05) is 26.2 Å². The van der Waals surface area contributed by atoms with Gasteiger partial charge in [0.1, 0.15) is 0 Å². The molecule has 116 valence electrons. The highest BCUT2D eigenvalue weighted by Crippen LogP contribution is 2.30. The Morgan fingerprint density at radius 3 is 2.52 bits per heavy atom. The summed E-state index contributed by atoms with van der Waals surface area (Å²) in [7, 11) is 0. The molecule has 21 heavy (non-hydrogen) atoms. The smallest absolute Gasteiger partial charge is 0.0412 e. The predicted octanol–water partition coefficient (Wildman–Crippen LogP) is 4.43. The van der Waals surface area contributed by atoms with Crippen molar-refractivity contribution in [2.45, 2.75) is 57.5 Å². The number of rotatable bonds is 3. The molecule has 1 aromatic rings. The first-order valence-corrected chi connectivity index (χ1v) is 9.61. The van der Waals surface area contributed by atoms with Gasteiger partial charge in [-0.3, -0.25) is 0 Å². The van der Waals surface area contributed by atoms with Crippen LogP contribution in [0.5, 0.6) is 0 Å². The molecule has 0 aromatic heterocycles. The molecule has 0 spiro atoms. The SMILES string of the molecule is CCC1CNC(C2CCCCC2)CN1c1ccc(I)cc1. The monoisotopic (exact) mass is 398 g/mol. The minimum atomic E-state index is 0.643. The Labute approximate surface area is 142 Å². The largest absolute Gasteiger partial charge is 0.366 e. The molecule has 3 heteroatoms. The fourth-order valence-electron chi connectivity index (χ4n) is 3.99. The topological polar surface area (TPSA) is 15.3 Å². The summed E-state index contributed by atoms with van der Waals surface area (Å²) in [6.45, 7) is 4.64. The summed E-state index contributed by atoms with van der Waals surface area (Å²) in [5, 5.41) is 3.86. The lowest BCUT2D eigenvalue weighted by Crippen LogP contribution is -2.59. The minimum absolute atomic E-state index is 0.643. The molecule has 2 atom stereocenters. The maximum Gasteiger partial charge on any atom is 0.0412 e. The van der Waals surface area contributed by atoms with Crippen LogP contribution in [0.4, 0.5) is 5.69 Å². The van der Waals surface area contributed by atoms with Crippen molar-refractivity contribution in [3.63, 3.8) is 0 Å². The number of nitrogens with zero attached hydrogens (tertiary/aromatic N) is 1. The van der Waals surface area contributed by atoms with Crippen LogP contribution in [0.2, 0.25) is 0 Å². The van der Waals surface area contributed by atoms with Crippen molar-refractivity contribution in [3.05, 3.63) is 27.8 Å². The van der Waals surface area contributed by atoms with Crippen LogP contribution in [0, 0.1) is 9.49 Å². The lowest BCUT2D eigenvalue weighted by molar-refractivity contribution is 0.240. The molecular formula is C18H27IN2. The lowest BCUT2D eigenvalue weighted by Gasteiger charge is -2.45. The van der Waals surface area contributed by atoms with Crippen molar-refractivity contribution >= 4 is 28.3 Å². The molecule has 0 radical (unpaired) electrons. The number of hydrogen-bond acceptors (Lipinski definition) is 2. The Morgan fingerprint density at radius 2 is 1.86 bits per heavy atom. The van der Waals surface area contributed by atoms with E-state index >= 15 is 0 Å². The fraction of sp³-hybridized carbons (Fsp3) is 0.667. The molecule has 1 aliphatic carbocycles. The highest BCUT2D eigenvalue weighted by Gasteiger charge is 2.32. The molecule has 0 amide bonds. The Kier molecular flexibility index (Phi) is 5.43. The third kappa shape index (κ3) is 3.73. The zero-order valence-corrected chi connectivity index (χ0v) is 15.2. The van der Waals surface area contributed by atoms with Crippen LogP contribution in [-0.2, 0) is 0 Å². The first-order chi connectivity index (χ1) is 10.3. The quantitative estimate of drug-likeness (QED) is 0.758. The molecule has 2 fully saturated rings.